The molecule has 0 N–H and O–H groups in total. The van der Waals surface area contributed by atoms with E-state index in [0.29, 0.717) is 35.5 Å². The first-order chi connectivity index (χ1) is 28.1. The fourth-order valence-electron chi connectivity index (χ4n) is 16.5. The van der Waals surface area contributed by atoms with Gasteiger partial charge in [-0.25, -0.2) is 0 Å². The second-order valence-corrected chi connectivity index (χ2v) is 25.4. The second-order valence-electron chi connectivity index (χ2n) is 21.8. The summed E-state index contributed by atoms with van der Waals surface area (Å²) in [6.45, 7) is 19.4. The smallest absolute Gasteiger partial charge is 0.312 e. The lowest BCUT2D eigenvalue weighted by Gasteiger charge is -2.73. The molecule has 5 heteroatoms. The molecular formula is C54H74O4P+. The summed E-state index contributed by atoms with van der Waals surface area (Å²) < 4.78 is 12.2. The molecule has 0 radical (unpaired) electrons. The van der Waals surface area contributed by atoms with Gasteiger partial charge in [0.25, 0.3) is 0 Å². The van der Waals surface area contributed by atoms with Crippen molar-refractivity contribution in [2.24, 2.45) is 68.5 Å². The highest BCUT2D eigenvalue weighted by atomic mass is 31.2. The van der Waals surface area contributed by atoms with E-state index in [4.69, 9.17) is 9.47 Å². The zero-order valence-electron chi connectivity index (χ0n) is 37.8. The van der Waals surface area contributed by atoms with E-state index in [9.17, 15) is 9.59 Å². The maximum atomic E-state index is 13.9. The molecule has 5 saturated carbocycles. The minimum atomic E-state index is -1.98. The van der Waals surface area contributed by atoms with Crippen LogP contribution in [0, 0.1) is 68.5 Å². The molecule has 0 aromatic heterocycles. The topological polar surface area (TPSA) is 52.6 Å². The van der Waals surface area contributed by atoms with Crippen LogP contribution in [-0.4, -0.2) is 31.3 Å². The van der Waals surface area contributed by atoms with Gasteiger partial charge in [0.15, 0.2) is 0 Å². The van der Waals surface area contributed by atoms with Crippen molar-refractivity contribution in [3.8, 4) is 0 Å². The summed E-state index contributed by atoms with van der Waals surface area (Å²) in [5.74, 6) is 3.37. The van der Waals surface area contributed by atoms with E-state index in [-0.39, 0.29) is 51.0 Å². The van der Waals surface area contributed by atoms with Gasteiger partial charge in [-0.2, -0.15) is 0 Å². The van der Waals surface area contributed by atoms with E-state index in [1.165, 1.54) is 41.6 Å². The van der Waals surface area contributed by atoms with E-state index < -0.39 is 7.26 Å². The van der Waals surface area contributed by atoms with Crippen LogP contribution in [0.15, 0.2) is 91.0 Å². The quantitative estimate of drug-likeness (QED) is 0.151. The maximum absolute atomic E-state index is 13.9. The van der Waals surface area contributed by atoms with Gasteiger partial charge >= 0.3 is 11.9 Å². The Morgan fingerprint density at radius 1 is 0.712 bits per heavy atom. The Kier molecular flexibility index (Phi) is 11.4. The van der Waals surface area contributed by atoms with Gasteiger partial charge in [0, 0.05) is 12.3 Å². The summed E-state index contributed by atoms with van der Waals surface area (Å²) >= 11 is 0. The Hall–Kier alpha value is -2.97. The average molecular weight is 818 g/mol. The number of carbonyl (C=O) groups excluding carboxylic acids is 2. The summed E-state index contributed by atoms with van der Waals surface area (Å²) in [6, 6.07) is 33.9. The summed E-state index contributed by atoms with van der Waals surface area (Å²) in [7, 11) is -0.356. The first-order valence-corrected chi connectivity index (χ1v) is 25.4. The highest BCUT2D eigenvalue weighted by Crippen LogP contribution is 2.78. The number of ether oxygens (including phenoxy) is 2. The molecule has 11 atom stereocenters. The van der Waals surface area contributed by atoms with Gasteiger partial charge in [-0.05, 0) is 165 Å². The summed E-state index contributed by atoms with van der Waals surface area (Å²) in [5, 5.41) is 4.30. The molecule has 8 rings (SSSR count). The molecular weight excluding hydrogens is 744 g/mol. The largest absolute Gasteiger partial charge is 0.469 e. The van der Waals surface area contributed by atoms with Crippen molar-refractivity contribution in [2.75, 3.05) is 13.3 Å². The van der Waals surface area contributed by atoms with Gasteiger partial charge in [0.1, 0.15) is 29.3 Å². The highest BCUT2D eigenvalue weighted by Gasteiger charge is 2.73. The molecule has 5 aliphatic carbocycles. The first-order valence-electron chi connectivity index (χ1n) is 23.4. The van der Waals surface area contributed by atoms with Gasteiger partial charge in [0.2, 0.25) is 0 Å². The van der Waals surface area contributed by atoms with Gasteiger partial charge < -0.3 is 9.47 Å². The van der Waals surface area contributed by atoms with Crippen LogP contribution in [0.2, 0.25) is 0 Å². The molecule has 5 aliphatic rings. The molecule has 3 aromatic carbocycles. The Balaban J connectivity index is 1.14. The molecule has 5 fully saturated rings. The molecule has 0 aliphatic heterocycles. The molecule has 0 saturated heterocycles. The minimum absolute atomic E-state index is 0.0716. The molecule has 318 valence electrons. The number of hydrogen-bond donors (Lipinski definition) is 0. The number of hydrogen-bond acceptors (Lipinski definition) is 4. The number of esters is 2. The number of methoxy groups -OCH3 is 1. The van der Waals surface area contributed by atoms with Crippen LogP contribution in [0.5, 0.6) is 0 Å². The predicted molar refractivity (Wildman–Crippen MR) is 245 cm³/mol. The molecule has 0 spiro atoms. The Morgan fingerprint density at radius 2 is 1.29 bits per heavy atom. The second kappa shape index (κ2) is 15.7. The lowest BCUT2D eigenvalue weighted by Crippen LogP contribution is -2.68. The zero-order chi connectivity index (χ0) is 42.0. The third-order valence-electron chi connectivity index (χ3n) is 18.9. The molecule has 0 bridgehead atoms. The Morgan fingerprint density at radius 3 is 1.81 bits per heavy atom. The SMILES string of the molecule is COC(=O)[C@]12CC[C@@H](C(C)C)[C@@H]1[C@H]1CC[C@@H]3[C@@]4(C)CC(CCC[P+](c5ccccc5)(c5ccccc5)c5ccccc5)[C@@H](OC(C)=O)C(C)(C)[C@@H]4CC[C@@]3(C)[C@]1(C)CC2. The van der Waals surface area contributed by atoms with Crippen molar-refractivity contribution in [2.45, 2.75) is 132 Å². The van der Waals surface area contributed by atoms with Gasteiger partial charge in [0.05, 0.1) is 18.7 Å². The molecule has 0 amide bonds. The zero-order valence-corrected chi connectivity index (χ0v) is 38.7. The number of rotatable bonds is 10. The normalized spacial score (nSPS) is 37.4. The number of carbonyl (C=O) groups is 2. The standard InChI is InChI=1S/C54H74O4P/c1-37(2)43-29-32-54(49(56)57-9)34-33-52(7)44(47(43)54)27-28-46-51(6)36-39(48(58-38(3)55)50(4,5)45(51)30-31-53(46,52)8)20-19-35-59(40-21-13-10-14-22-40,41-23-15-11-16-24-41)42-25-17-12-18-26-42/h10-18,21-26,37,39,43-48H,19-20,27-36H2,1-9H3/q+1/t39?,43-,44+,45-,46+,47+,48+,51-,52+,53+,54-/m0/s1. The van der Waals surface area contributed by atoms with Crippen molar-refractivity contribution in [1.82, 2.24) is 0 Å². The van der Waals surface area contributed by atoms with Gasteiger partial charge in [-0.1, -0.05) is 103 Å². The minimum Gasteiger partial charge on any atom is -0.469 e. The van der Waals surface area contributed by atoms with Crippen LogP contribution in [0.3, 0.4) is 0 Å². The van der Waals surface area contributed by atoms with E-state index in [2.05, 4.69) is 139 Å². The lowest BCUT2D eigenvalue weighted by atomic mass is 9.31. The van der Waals surface area contributed by atoms with Crippen LogP contribution in [-0.2, 0) is 19.1 Å². The number of fused-ring (bicyclic) bond motifs is 7. The Bertz CT molecular complexity index is 1860. The first kappa shape index (κ1) is 42.7. The fraction of sp³-hybridized carbons (Fsp3) is 0.630. The molecule has 3 aromatic rings. The van der Waals surface area contributed by atoms with Crippen LogP contribution >= 0.6 is 7.26 Å². The van der Waals surface area contributed by atoms with Crippen molar-refractivity contribution in [1.29, 1.82) is 0 Å². The average Bonchev–Trinajstić information content (AvgIpc) is 3.63. The molecule has 1 unspecified atom stereocenters. The van der Waals surface area contributed by atoms with E-state index in [0.717, 1.165) is 51.1 Å². The molecule has 0 heterocycles. The van der Waals surface area contributed by atoms with E-state index >= 15 is 0 Å². The van der Waals surface area contributed by atoms with E-state index in [1.807, 2.05) is 0 Å². The van der Waals surface area contributed by atoms with E-state index in [1.54, 1.807) is 14.0 Å². The summed E-state index contributed by atoms with van der Waals surface area (Å²) in [5.41, 5.74) is 0.0106. The van der Waals surface area contributed by atoms with Gasteiger partial charge in [-0.15, -0.1) is 0 Å². The van der Waals surface area contributed by atoms with Crippen LogP contribution in [0.1, 0.15) is 126 Å². The maximum Gasteiger partial charge on any atom is 0.312 e. The van der Waals surface area contributed by atoms with Crippen molar-refractivity contribution in [3.63, 3.8) is 0 Å². The summed E-state index contributed by atoms with van der Waals surface area (Å²) in [4.78, 5) is 26.9. The monoisotopic (exact) mass is 818 g/mol. The van der Waals surface area contributed by atoms with Crippen LogP contribution < -0.4 is 15.9 Å². The van der Waals surface area contributed by atoms with Gasteiger partial charge in [-0.3, -0.25) is 9.59 Å². The van der Waals surface area contributed by atoms with Crippen molar-refractivity contribution < 1.29 is 19.1 Å². The predicted octanol–water partition coefficient (Wildman–Crippen LogP) is 11.8. The highest BCUT2D eigenvalue weighted by molar-refractivity contribution is 7.95. The third-order valence-corrected chi connectivity index (χ3v) is 23.4. The number of benzene rings is 3. The fourth-order valence-corrected chi connectivity index (χ4v) is 20.8. The third kappa shape index (κ3) is 6.52. The van der Waals surface area contributed by atoms with Crippen molar-refractivity contribution in [3.05, 3.63) is 91.0 Å². The van der Waals surface area contributed by atoms with Crippen molar-refractivity contribution >= 4 is 35.1 Å². The molecule has 4 nitrogen and oxygen atoms in total. The lowest BCUT2D eigenvalue weighted by molar-refractivity contribution is -0.261. The molecule has 59 heavy (non-hydrogen) atoms. The van der Waals surface area contributed by atoms with Crippen LogP contribution in [0.4, 0.5) is 0 Å². The van der Waals surface area contributed by atoms with Crippen LogP contribution in [0.25, 0.3) is 0 Å². The summed E-state index contributed by atoms with van der Waals surface area (Å²) in [6.07, 6.45) is 13.3. The Labute approximate surface area is 357 Å².